The Labute approximate surface area is 137 Å². The number of nitrogens with zero attached hydrogens (tertiary/aromatic N) is 2. The Morgan fingerprint density at radius 3 is 2.52 bits per heavy atom. The smallest absolute Gasteiger partial charge is 0.0594 e. The second kappa shape index (κ2) is 8.11. The lowest BCUT2D eigenvalue weighted by molar-refractivity contribution is 0.0147. The molecule has 21 heavy (non-hydrogen) atoms. The first-order valence-electron chi connectivity index (χ1n) is 8.08. The molecule has 0 aromatic carbocycles. The molecule has 2 rings (SSSR count). The van der Waals surface area contributed by atoms with Crippen molar-refractivity contribution in [2.75, 3.05) is 66.1 Å². The molecule has 4 nitrogen and oxygen atoms in total. The zero-order chi connectivity index (χ0) is 14.6. The molecule has 1 atom stereocenters. The molecular weight excluding hydrogens is 286 g/mol. The molecule has 2 saturated heterocycles. The molecule has 0 spiro atoms. The largest absolute Gasteiger partial charge is 0.379 e. The van der Waals surface area contributed by atoms with E-state index in [1.807, 2.05) is 0 Å². The number of hydrogen-bond donors (Lipinski definition) is 1. The van der Waals surface area contributed by atoms with E-state index in [1.165, 1.54) is 39.1 Å². The highest BCUT2D eigenvalue weighted by Gasteiger charge is 2.32. The average molecular weight is 320 g/mol. The molecule has 126 valence electrons. The lowest BCUT2D eigenvalue weighted by Crippen LogP contribution is -2.47. The number of morpholine rings is 1. The average Bonchev–Trinajstić information content (AvgIpc) is 2.75. The highest BCUT2D eigenvalue weighted by atomic mass is 35.5. The summed E-state index contributed by atoms with van der Waals surface area (Å²) in [4.78, 5) is 5.09. The molecule has 2 fully saturated rings. The van der Waals surface area contributed by atoms with Crippen molar-refractivity contribution < 1.29 is 4.74 Å². The first-order chi connectivity index (χ1) is 9.39. The Kier molecular flexibility index (Phi) is 7.41. The summed E-state index contributed by atoms with van der Waals surface area (Å²) in [6.07, 6.45) is 1.31. The molecule has 0 amide bonds. The van der Waals surface area contributed by atoms with Crippen LogP contribution in [-0.4, -0.2) is 75.9 Å². The van der Waals surface area contributed by atoms with Crippen LogP contribution >= 0.6 is 12.4 Å². The van der Waals surface area contributed by atoms with Crippen LogP contribution in [0.15, 0.2) is 0 Å². The molecule has 0 saturated carbocycles. The van der Waals surface area contributed by atoms with Crippen molar-refractivity contribution in [2.45, 2.75) is 27.2 Å². The monoisotopic (exact) mass is 319 g/mol. The summed E-state index contributed by atoms with van der Waals surface area (Å²) < 4.78 is 5.44. The summed E-state index contributed by atoms with van der Waals surface area (Å²) in [5, 5.41) is 3.50. The molecule has 0 aliphatic carbocycles. The second-order valence-corrected chi connectivity index (χ2v) is 7.96. The second-order valence-electron chi connectivity index (χ2n) is 7.96. The maximum Gasteiger partial charge on any atom is 0.0594 e. The van der Waals surface area contributed by atoms with Crippen molar-refractivity contribution in [3.63, 3.8) is 0 Å². The van der Waals surface area contributed by atoms with E-state index < -0.39 is 0 Å². The van der Waals surface area contributed by atoms with Gasteiger partial charge in [-0.25, -0.2) is 0 Å². The van der Waals surface area contributed by atoms with Gasteiger partial charge in [0.15, 0.2) is 0 Å². The Morgan fingerprint density at radius 2 is 1.95 bits per heavy atom. The fourth-order valence-corrected chi connectivity index (χ4v) is 3.86. The Morgan fingerprint density at radius 1 is 1.29 bits per heavy atom. The minimum absolute atomic E-state index is 0. The van der Waals surface area contributed by atoms with Gasteiger partial charge in [-0.15, -0.1) is 12.4 Å². The minimum atomic E-state index is 0. The summed E-state index contributed by atoms with van der Waals surface area (Å²) in [5.74, 6) is 0. The predicted molar refractivity (Wildman–Crippen MR) is 91.4 cm³/mol. The number of rotatable bonds is 6. The van der Waals surface area contributed by atoms with E-state index >= 15 is 0 Å². The maximum absolute atomic E-state index is 5.44. The molecule has 2 aliphatic rings. The Bertz CT molecular complexity index is 300. The van der Waals surface area contributed by atoms with Gasteiger partial charge in [0.2, 0.25) is 0 Å². The summed E-state index contributed by atoms with van der Waals surface area (Å²) in [6.45, 7) is 17.1. The van der Waals surface area contributed by atoms with Crippen molar-refractivity contribution in [3.05, 3.63) is 0 Å². The van der Waals surface area contributed by atoms with Crippen molar-refractivity contribution in [1.82, 2.24) is 15.1 Å². The van der Waals surface area contributed by atoms with Gasteiger partial charge in [0.05, 0.1) is 13.2 Å². The van der Waals surface area contributed by atoms with E-state index in [0.29, 0.717) is 10.8 Å². The van der Waals surface area contributed by atoms with Crippen molar-refractivity contribution in [2.24, 2.45) is 10.8 Å². The number of nitrogens with one attached hydrogen (secondary N) is 1. The number of halogens is 1. The molecule has 0 bridgehead atoms. The highest BCUT2D eigenvalue weighted by Crippen LogP contribution is 2.27. The van der Waals surface area contributed by atoms with Gasteiger partial charge in [-0.1, -0.05) is 20.8 Å². The number of ether oxygens (including phenoxy) is 1. The molecule has 0 aromatic heterocycles. The van der Waals surface area contributed by atoms with Crippen LogP contribution in [-0.2, 0) is 4.74 Å². The van der Waals surface area contributed by atoms with E-state index in [-0.39, 0.29) is 12.4 Å². The highest BCUT2D eigenvalue weighted by molar-refractivity contribution is 5.85. The van der Waals surface area contributed by atoms with Crippen LogP contribution in [0.2, 0.25) is 0 Å². The van der Waals surface area contributed by atoms with Crippen LogP contribution in [0.4, 0.5) is 0 Å². The SMILES string of the molecule is CN(CC(C)(C)CN1CCOCC1)CC1(C)CCNC1.Cl. The van der Waals surface area contributed by atoms with Gasteiger partial charge in [-0.2, -0.15) is 0 Å². The molecule has 2 heterocycles. The molecular formula is C16H34ClN3O. The van der Waals surface area contributed by atoms with Crippen molar-refractivity contribution in [3.8, 4) is 0 Å². The standard InChI is InChI=1S/C16H33N3O.ClH/c1-15(2,13-19-7-9-20-10-8-19)12-18(4)14-16(3)5-6-17-11-16;/h17H,5-14H2,1-4H3;1H. The molecule has 1 N–H and O–H groups in total. The fraction of sp³-hybridized carbons (Fsp3) is 1.00. The van der Waals surface area contributed by atoms with Crippen LogP contribution in [0.1, 0.15) is 27.2 Å². The Hall–Kier alpha value is 0.130. The first kappa shape index (κ1) is 19.2. The van der Waals surface area contributed by atoms with E-state index in [1.54, 1.807) is 0 Å². The van der Waals surface area contributed by atoms with Gasteiger partial charge in [0.25, 0.3) is 0 Å². The third-order valence-corrected chi connectivity index (χ3v) is 4.56. The van der Waals surface area contributed by atoms with Gasteiger partial charge in [-0.3, -0.25) is 4.90 Å². The lowest BCUT2D eigenvalue weighted by Gasteiger charge is -2.39. The third kappa shape index (κ3) is 6.41. The van der Waals surface area contributed by atoms with Crippen LogP contribution in [0.3, 0.4) is 0 Å². The summed E-state index contributed by atoms with van der Waals surface area (Å²) in [6, 6.07) is 0. The molecule has 5 heteroatoms. The normalized spacial score (nSPS) is 27.9. The van der Waals surface area contributed by atoms with E-state index in [0.717, 1.165) is 26.3 Å². The zero-order valence-electron chi connectivity index (χ0n) is 14.3. The first-order valence-corrected chi connectivity index (χ1v) is 8.08. The Balaban J connectivity index is 0.00000220. The minimum Gasteiger partial charge on any atom is -0.379 e. The summed E-state index contributed by atoms with van der Waals surface area (Å²) in [5.41, 5.74) is 0.804. The van der Waals surface area contributed by atoms with Crippen molar-refractivity contribution >= 4 is 12.4 Å². The van der Waals surface area contributed by atoms with Gasteiger partial charge in [0, 0.05) is 39.3 Å². The van der Waals surface area contributed by atoms with Crippen LogP contribution in [0.5, 0.6) is 0 Å². The van der Waals surface area contributed by atoms with Gasteiger partial charge in [-0.05, 0) is 30.8 Å². The molecule has 2 aliphatic heterocycles. The summed E-state index contributed by atoms with van der Waals surface area (Å²) in [7, 11) is 2.28. The molecule has 0 radical (unpaired) electrons. The summed E-state index contributed by atoms with van der Waals surface area (Å²) >= 11 is 0. The van der Waals surface area contributed by atoms with Crippen LogP contribution < -0.4 is 5.32 Å². The van der Waals surface area contributed by atoms with Crippen molar-refractivity contribution in [1.29, 1.82) is 0 Å². The van der Waals surface area contributed by atoms with Gasteiger partial charge >= 0.3 is 0 Å². The third-order valence-electron chi connectivity index (χ3n) is 4.56. The van der Waals surface area contributed by atoms with Crippen LogP contribution in [0, 0.1) is 10.8 Å². The zero-order valence-corrected chi connectivity index (χ0v) is 15.1. The molecule has 1 unspecified atom stereocenters. The van der Waals surface area contributed by atoms with E-state index in [2.05, 4.69) is 42.9 Å². The molecule has 0 aromatic rings. The topological polar surface area (TPSA) is 27.7 Å². The van der Waals surface area contributed by atoms with E-state index in [4.69, 9.17) is 4.74 Å². The number of hydrogen-bond acceptors (Lipinski definition) is 4. The maximum atomic E-state index is 5.44. The van der Waals surface area contributed by atoms with Crippen LogP contribution in [0.25, 0.3) is 0 Å². The lowest BCUT2D eigenvalue weighted by atomic mass is 9.87. The van der Waals surface area contributed by atoms with E-state index in [9.17, 15) is 0 Å². The fourth-order valence-electron chi connectivity index (χ4n) is 3.86. The van der Waals surface area contributed by atoms with Gasteiger partial charge < -0.3 is 15.0 Å². The quantitative estimate of drug-likeness (QED) is 0.806. The predicted octanol–water partition coefficient (Wildman–Crippen LogP) is 1.70. The van der Waals surface area contributed by atoms with Gasteiger partial charge in [0.1, 0.15) is 0 Å².